The van der Waals surface area contributed by atoms with Gasteiger partial charge < -0.3 is 9.47 Å². The van der Waals surface area contributed by atoms with Crippen LogP contribution in [0.2, 0.25) is 0 Å². The van der Waals surface area contributed by atoms with Gasteiger partial charge in [-0.25, -0.2) is 4.79 Å². The predicted octanol–water partition coefficient (Wildman–Crippen LogP) is 3.70. The SMILES string of the molecule is C1=NCCO1.CC(=CC1=CCCC1)C(=O)OC1=CCCC1. The van der Waals surface area contributed by atoms with E-state index in [0.29, 0.717) is 5.57 Å². The molecule has 0 unspecified atom stereocenters. The van der Waals surface area contributed by atoms with Crippen molar-refractivity contribution in [3.63, 3.8) is 0 Å². The van der Waals surface area contributed by atoms with E-state index in [1.54, 1.807) is 0 Å². The zero-order valence-corrected chi connectivity index (χ0v) is 12.6. The molecule has 4 heteroatoms. The summed E-state index contributed by atoms with van der Waals surface area (Å²) >= 11 is 0. The molecule has 0 radical (unpaired) electrons. The number of esters is 1. The summed E-state index contributed by atoms with van der Waals surface area (Å²) in [7, 11) is 0. The van der Waals surface area contributed by atoms with Crippen molar-refractivity contribution >= 4 is 12.4 Å². The van der Waals surface area contributed by atoms with Gasteiger partial charge in [-0.05, 0) is 51.2 Å². The molecule has 0 aromatic carbocycles. The Bertz CT molecular complexity index is 480. The summed E-state index contributed by atoms with van der Waals surface area (Å²) in [6.07, 6.45) is 14.1. The fourth-order valence-electron chi connectivity index (χ4n) is 2.36. The highest BCUT2D eigenvalue weighted by atomic mass is 16.5. The van der Waals surface area contributed by atoms with Gasteiger partial charge in [-0.3, -0.25) is 4.99 Å². The maximum absolute atomic E-state index is 11.7. The third-order valence-corrected chi connectivity index (χ3v) is 3.51. The van der Waals surface area contributed by atoms with Gasteiger partial charge in [0.15, 0.2) is 6.40 Å². The maximum Gasteiger partial charge on any atom is 0.338 e. The standard InChI is InChI=1S/C14H18O2.C3H5NO/c1-11(10-12-6-2-3-7-12)14(15)16-13-8-4-5-9-13;1-2-5-3-4-1/h6,8,10H,2-5,7,9H2,1H3;3H,1-2H2. The van der Waals surface area contributed by atoms with E-state index in [1.807, 2.05) is 19.1 Å². The topological polar surface area (TPSA) is 47.9 Å². The number of carbonyl (C=O) groups excluding carboxylic acids is 1. The molecule has 0 saturated carbocycles. The van der Waals surface area contributed by atoms with Crippen LogP contribution in [0.3, 0.4) is 0 Å². The lowest BCUT2D eigenvalue weighted by Crippen LogP contribution is -2.04. The van der Waals surface area contributed by atoms with E-state index >= 15 is 0 Å². The number of allylic oxidation sites excluding steroid dienone is 5. The molecule has 3 aliphatic rings. The van der Waals surface area contributed by atoms with Gasteiger partial charge in [0.05, 0.1) is 6.54 Å². The Morgan fingerprint density at radius 3 is 2.62 bits per heavy atom. The molecule has 21 heavy (non-hydrogen) atoms. The molecule has 3 rings (SSSR count). The van der Waals surface area contributed by atoms with Crippen molar-refractivity contribution in [3.8, 4) is 0 Å². The lowest BCUT2D eigenvalue weighted by molar-refractivity contribution is -0.135. The first-order chi connectivity index (χ1) is 10.3. The quantitative estimate of drug-likeness (QED) is 0.588. The molecule has 0 aromatic heterocycles. The van der Waals surface area contributed by atoms with E-state index in [1.165, 1.54) is 18.4 Å². The minimum absolute atomic E-state index is 0.194. The van der Waals surface area contributed by atoms with Crippen molar-refractivity contribution in [2.24, 2.45) is 4.99 Å². The molecule has 0 N–H and O–H groups in total. The highest BCUT2D eigenvalue weighted by molar-refractivity contribution is 5.89. The summed E-state index contributed by atoms with van der Waals surface area (Å²) < 4.78 is 9.96. The van der Waals surface area contributed by atoms with Gasteiger partial charge in [0.25, 0.3) is 0 Å². The van der Waals surface area contributed by atoms with Crippen LogP contribution in [0.1, 0.15) is 45.4 Å². The second kappa shape index (κ2) is 8.45. The second-order valence-electron chi connectivity index (χ2n) is 5.33. The molecule has 114 valence electrons. The molecule has 4 nitrogen and oxygen atoms in total. The number of ether oxygens (including phenoxy) is 2. The van der Waals surface area contributed by atoms with Crippen LogP contribution in [-0.4, -0.2) is 25.5 Å². The zero-order chi connectivity index (χ0) is 14.9. The van der Waals surface area contributed by atoms with Gasteiger partial charge in [-0.1, -0.05) is 11.6 Å². The third-order valence-electron chi connectivity index (χ3n) is 3.51. The summed E-state index contributed by atoms with van der Waals surface area (Å²) in [4.78, 5) is 15.5. The van der Waals surface area contributed by atoms with Gasteiger partial charge >= 0.3 is 5.97 Å². The van der Waals surface area contributed by atoms with Gasteiger partial charge in [-0.2, -0.15) is 0 Å². The first-order valence-electron chi connectivity index (χ1n) is 7.64. The largest absolute Gasteiger partial charge is 0.482 e. The highest BCUT2D eigenvalue weighted by Crippen LogP contribution is 2.22. The van der Waals surface area contributed by atoms with Crippen molar-refractivity contribution in [3.05, 3.63) is 35.1 Å². The van der Waals surface area contributed by atoms with E-state index in [9.17, 15) is 4.79 Å². The molecule has 0 bridgehead atoms. The zero-order valence-electron chi connectivity index (χ0n) is 12.6. The number of carbonyl (C=O) groups is 1. The van der Waals surface area contributed by atoms with Crippen LogP contribution in [0.4, 0.5) is 0 Å². The van der Waals surface area contributed by atoms with Crippen LogP contribution in [0.25, 0.3) is 0 Å². The maximum atomic E-state index is 11.7. The molecule has 0 saturated heterocycles. The van der Waals surface area contributed by atoms with Crippen molar-refractivity contribution in [2.75, 3.05) is 13.2 Å². The van der Waals surface area contributed by atoms with Crippen LogP contribution in [-0.2, 0) is 14.3 Å². The van der Waals surface area contributed by atoms with Crippen molar-refractivity contribution in [1.82, 2.24) is 0 Å². The summed E-state index contributed by atoms with van der Waals surface area (Å²) in [5.74, 6) is 0.652. The molecule has 1 heterocycles. The average molecular weight is 289 g/mol. The monoisotopic (exact) mass is 289 g/mol. The first kappa shape index (κ1) is 15.5. The van der Waals surface area contributed by atoms with E-state index in [4.69, 9.17) is 4.74 Å². The lowest BCUT2D eigenvalue weighted by atomic mass is 10.1. The molecule has 0 aromatic rings. The minimum Gasteiger partial charge on any atom is -0.482 e. The summed E-state index contributed by atoms with van der Waals surface area (Å²) in [5, 5.41) is 0. The van der Waals surface area contributed by atoms with Crippen LogP contribution < -0.4 is 0 Å². The molecular formula is C17H23NO3. The second-order valence-corrected chi connectivity index (χ2v) is 5.33. The number of rotatable bonds is 3. The van der Waals surface area contributed by atoms with Gasteiger partial charge in [0, 0.05) is 12.0 Å². The normalized spacial score (nSPS) is 20.3. The van der Waals surface area contributed by atoms with Crippen LogP contribution >= 0.6 is 0 Å². The average Bonchev–Trinajstić information content (AvgIpc) is 3.24. The summed E-state index contributed by atoms with van der Waals surface area (Å²) in [6, 6.07) is 0. The Morgan fingerprint density at radius 1 is 1.29 bits per heavy atom. The Morgan fingerprint density at radius 2 is 2.10 bits per heavy atom. The van der Waals surface area contributed by atoms with Crippen LogP contribution in [0.5, 0.6) is 0 Å². The Hall–Kier alpha value is -1.84. The fraction of sp³-hybridized carbons (Fsp3) is 0.529. The van der Waals surface area contributed by atoms with Crippen molar-refractivity contribution < 1.29 is 14.3 Å². The smallest absolute Gasteiger partial charge is 0.338 e. The molecule has 1 aliphatic heterocycles. The van der Waals surface area contributed by atoms with Gasteiger partial charge in [0.1, 0.15) is 12.4 Å². The number of hydrogen-bond acceptors (Lipinski definition) is 4. The molecule has 0 fully saturated rings. The van der Waals surface area contributed by atoms with E-state index < -0.39 is 0 Å². The van der Waals surface area contributed by atoms with E-state index in [0.717, 1.165) is 51.0 Å². The molecular weight excluding hydrogens is 266 g/mol. The fourth-order valence-corrected chi connectivity index (χ4v) is 2.36. The molecule has 0 spiro atoms. The first-order valence-corrected chi connectivity index (χ1v) is 7.64. The molecule has 2 aliphatic carbocycles. The van der Waals surface area contributed by atoms with Crippen molar-refractivity contribution in [1.29, 1.82) is 0 Å². The van der Waals surface area contributed by atoms with E-state index in [2.05, 4.69) is 15.8 Å². The number of nitrogens with zero attached hydrogens (tertiary/aromatic N) is 1. The summed E-state index contributed by atoms with van der Waals surface area (Å²) in [5.41, 5.74) is 1.98. The molecule has 0 amide bonds. The molecule has 0 atom stereocenters. The summed E-state index contributed by atoms with van der Waals surface area (Å²) in [6.45, 7) is 3.46. The predicted molar refractivity (Wildman–Crippen MR) is 83.0 cm³/mol. The number of hydrogen-bond donors (Lipinski definition) is 0. The lowest BCUT2D eigenvalue weighted by Gasteiger charge is -2.05. The third kappa shape index (κ3) is 5.58. The van der Waals surface area contributed by atoms with Gasteiger partial charge in [-0.15, -0.1) is 0 Å². The van der Waals surface area contributed by atoms with Crippen LogP contribution in [0, 0.1) is 0 Å². The minimum atomic E-state index is -0.194. The van der Waals surface area contributed by atoms with Crippen molar-refractivity contribution in [2.45, 2.75) is 45.4 Å². The highest BCUT2D eigenvalue weighted by Gasteiger charge is 2.13. The number of aliphatic imine (C=N–C) groups is 1. The Balaban J connectivity index is 0.000000272. The van der Waals surface area contributed by atoms with Crippen LogP contribution in [0.15, 0.2) is 40.1 Å². The Labute approximate surface area is 126 Å². The van der Waals surface area contributed by atoms with Gasteiger partial charge in [0.2, 0.25) is 0 Å². The Kier molecular flexibility index (Phi) is 6.25. The van der Waals surface area contributed by atoms with E-state index in [-0.39, 0.29) is 5.97 Å².